The van der Waals surface area contributed by atoms with Crippen LogP contribution in [0.2, 0.25) is 0 Å². The lowest BCUT2D eigenvalue weighted by Gasteiger charge is -2.44. The van der Waals surface area contributed by atoms with E-state index in [1.54, 1.807) is 0 Å². The Labute approximate surface area is 76.5 Å². The van der Waals surface area contributed by atoms with E-state index < -0.39 is 0 Å². The van der Waals surface area contributed by atoms with Crippen LogP contribution in [0.5, 0.6) is 0 Å². The second kappa shape index (κ2) is 3.78. The summed E-state index contributed by atoms with van der Waals surface area (Å²) >= 11 is 0. The van der Waals surface area contributed by atoms with Crippen molar-refractivity contribution in [1.82, 2.24) is 0 Å². The lowest BCUT2D eigenvalue weighted by atomic mass is 9.66. The molecule has 12 heavy (non-hydrogen) atoms. The highest BCUT2D eigenvalue weighted by molar-refractivity contribution is 4.87. The van der Waals surface area contributed by atoms with Gasteiger partial charge in [-0.25, -0.2) is 0 Å². The molecule has 0 aliphatic carbocycles. The Morgan fingerprint density at radius 1 is 1.08 bits per heavy atom. The number of hydrogen-bond acceptors (Lipinski definition) is 1. The summed E-state index contributed by atoms with van der Waals surface area (Å²) in [6, 6.07) is 0. The van der Waals surface area contributed by atoms with Crippen LogP contribution in [-0.4, -0.2) is 13.2 Å². The molecule has 1 aliphatic heterocycles. The Bertz CT molecular complexity index is 122. The Morgan fingerprint density at radius 3 is 1.92 bits per heavy atom. The van der Waals surface area contributed by atoms with E-state index in [4.69, 9.17) is 4.74 Å². The Morgan fingerprint density at radius 2 is 1.67 bits per heavy atom. The molecule has 0 bridgehead atoms. The van der Waals surface area contributed by atoms with Crippen LogP contribution in [0.15, 0.2) is 0 Å². The molecule has 1 saturated heterocycles. The van der Waals surface area contributed by atoms with E-state index in [1.807, 2.05) is 0 Å². The van der Waals surface area contributed by atoms with Crippen LogP contribution in [0.25, 0.3) is 0 Å². The van der Waals surface area contributed by atoms with Gasteiger partial charge in [-0.15, -0.1) is 0 Å². The van der Waals surface area contributed by atoms with Crippen LogP contribution in [0.1, 0.15) is 40.5 Å². The summed E-state index contributed by atoms with van der Waals surface area (Å²) in [7, 11) is 0. The molecule has 0 saturated carbocycles. The largest absolute Gasteiger partial charge is 0.381 e. The molecule has 1 nitrogen and oxygen atoms in total. The summed E-state index contributed by atoms with van der Waals surface area (Å²) < 4.78 is 5.61. The second-order valence-corrected chi connectivity index (χ2v) is 4.70. The van der Waals surface area contributed by atoms with Crippen LogP contribution in [0.3, 0.4) is 0 Å². The third kappa shape index (κ3) is 1.66. The van der Waals surface area contributed by atoms with Gasteiger partial charge in [-0.3, -0.25) is 0 Å². The molecule has 0 N–H and O–H groups in total. The molecule has 0 amide bonds. The molecule has 0 unspecified atom stereocenters. The number of hydrogen-bond donors (Lipinski definition) is 0. The van der Waals surface area contributed by atoms with E-state index >= 15 is 0 Å². The minimum absolute atomic E-state index is 0.457. The maximum atomic E-state index is 5.61. The van der Waals surface area contributed by atoms with E-state index in [9.17, 15) is 0 Å². The molecule has 0 radical (unpaired) electrons. The molecular weight excluding hydrogens is 148 g/mol. The lowest BCUT2D eigenvalue weighted by Crippen LogP contribution is -2.41. The zero-order valence-corrected chi connectivity index (χ0v) is 8.89. The first-order chi connectivity index (χ1) is 5.59. The van der Waals surface area contributed by atoms with Gasteiger partial charge in [0, 0.05) is 6.61 Å². The Hall–Kier alpha value is -0.0400. The Balaban J connectivity index is 2.70. The summed E-state index contributed by atoms with van der Waals surface area (Å²) in [5.41, 5.74) is 0.457. The van der Waals surface area contributed by atoms with Crippen molar-refractivity contribution < 1.29 is 4.74 Å². The molecule has 1 fully saturated rings. The Kier molecular flexibility index (Phi) is 3.16. The monoisotopic (exact) mass is 170 g/mol. The SMILES string of the molecule is CC(C)C1(C(C)C)CCCOC1. The summed E-state index contributed by atoms with van der Waals surface area (Å²) in [6.45, 7) is 11.3. The minimum Gasteiger partial charge on any atom is -0.381 e. The molecule has 1 aliphatic rings. The summed E-state index contributed by atoms with van der Waals surface area (Å²) in [5, 5.41) is 0. The van der Waals surface area contributed by atoms with E-state index in [-0.39, 0.29) is 0 Å². The van der Waals surface area contributed by atoms with Crippen molar-refractivity contribution in [2.24, 2.45) is 17.3 Å². The molecule has 0 spiro atoms. The van der Waals surface area contributed by atoms with Crippen molar-refractivity contribution in [3.05, 3.63) is 0 Å². The van der Waals surface area contributed by atoms with Gasteiger partial charge in [0.05, 0.1) is 6.61 Å². The van der Waals surface area contributed by atoms with Gasteiger partial charge >= 0.3 is 0 Å². The maximum absolute atomic E-state index is 5.61. The van der Waals surface area contributed by atoms with E-state index in [2.05, 4.69) is 27.7 Å². The molecule has 0 atom stereocenters. The highest BCUT2D eigenvalue weighted by Crippen LogP contribution is 2.42. The van der Waals surface area contributed by atoms with Crippen LogP contribution >= 0.6 is 0 Å². The van der Waals surface area contributed by atoms with E-state index in [0.29, 0.717) is 5.41 Å². The van der Waals surface area contributed by atoms with Gasteiger partial charge in [0.25, 0.3) is 0 Å². The topological polar surface area (TPSA) is 9.23 Å². The van der Waals surface area contributed by atoms with Crippen LogP contribution in [0, 0.1) is 17.3 Å². The van der Waals surface area contributed by atoms with Crippen molar-refractivity contribution in [3.63, 3.8) is 0 Å². The molecule has 0 aromatic heterocycles. The average molecular weight is 170 g/mol. The van der Waals surface area contributed by atoms with Gasteiger partial charge in [0.2, 0.25) is 0 Å². The normalized spacial score (nSPS) is 23.5. The van der Waals surface area contributed by atoms with Gasteiger partial charge in [-0.2, -0.15) is 0 Å². The number of ether oxygens (including phenoxy) is 1. The van der Waals surface area contributed by atoms with Gasteiger partial charge in [-0.05, 0) is 30.1 Å². The van der Waals surface area contributed by atoms with Crippen molar-refractivity contribution in [3.8, 4) is 0 Å². The zero-order chi connectivity index (χ0) is 9.19. The fraction of sp³-hybridized carbons (Fsp3) is 1.00. The molecule has 1 rings (SSSR count). The van der Waals surface area contributed by atoms with Crippen molar-refractivity contribution in [1.29, 1.82) is 0 Å². The van der Waals surface area contributed by atoms with Crippen molar-refractivity contribution >= 4 is 0 Å². The standard InChI is InChI=1S/C11H22O/c1-9(2)11(10(3)4)6-5-7-12-8-11/h9-10H,5-8H2,1-4H3. The highest BCUT2D eigenvalue weighted by Gasteiger charge is 2.38. The average Bonchev–Trinajstić information content (AvgIpc) is 2.05. The highest BCUT2D eigenvalue weighted by atomic mass is 16.5. The number of rotatable bonds is 2. The minimum atomic E-state index is 0.457. The predicted octanol–water partition coefficient (Wildman–Crippen LogP) is 3.10. The van der Waals surface area contributed by atoms with Crippen molar-refractivity contribution in [2.45, 2.75) is 40.5 Å². The third-order valence-electron chi connectivity index (χ3n) is 3.60. The van der Waals surface area contributed by atoms with E-state index in [1.165, 1.54) is 12.8 Å². The molecule has 1 heteroatoms. The first kappa shape index (κ1) is 10.0. The molecule has 0 aromatic carbocycles. The molecule has 72 valence electrons. The summed E-state index contributed by atoms with van der Waals surface area (Å²) in [6.07, 6.45) is 2.60. The first-order valence-electron chi connectivity index (χ1n) is 5.17. The van der Waals surface area contributed by atoms with Crippen LogP contribution < -0.4 is 0 Å². The smallest absolute Gasteiger partial charge is 0.0527 e. The lowest BCUT2D eigenvalue weighted by molar-refractivity contribution is -0.0621. The van der Waals surface area contributed by atoms with Crippen molar-refractivity contribution in [2.75, 3.05) is 13.2 Å². The quantitative estimate of drug-likeness (QED) is 0.619. The fourth-order valence-electron chi connectivity index (χ4n) is 2.42. The summed E-state index contributed by atoms with van der Waals surface area (Å²) in [4.78, 5) is 0. The third-order valence-corrected chi connectivity index (χ3v) is 3.60. The first-order valence-corrected chi connectivity index (χ1v) is 5.17. The van der Waals surface area contributed by atoms with E-state index in [0.717, 1.165) is 25.0 Å². The summed E-state index contributed by atoms with van der Waals surface area (Å²) in [5.74, 6) is 1.50. The maximum Gasteiger partial charge on any atom is 0.0527 e. The molecular formula is C11H22O. The van der Waals surface area contributed by atoms with Crippen LogP contribution in [0.4, 0.5) is 0 Å². The molecule has 0 aromatic rings. The van der Waals surface area contributed by atoms with Gasteiger partial charge in [0.1, 0.15) is 0 Å². The predicted molar refractivity (Wildman–Crippen MR) is 52.2 cm³/mol. The van der Waals surface area contributed by atoms with Gasteiger partial charge in [-0.1, -0.05) is 27.7 Å². The van der Waals surface area contributed by atoms with Gasteiger partial charge in [0.15, 0.2) is 0 Å². The molecule has 1 heterocycles. The van der Waals surface area contributed by atoms with Gasteiger partial charge < -0.3 is 4.74 Å². The zero-order valence-electron chi connectivity index (χ0n) is 8.89. The van der Waals surface area contributed by atoms with Crippen LogP contribution in [-0.2, 0) is 4.74 Å². The second-order valence-electron chi connectivity index (χ2n) is 4.70. The fourth-order valence-corrected chi connectivity index (χ4v) is 2.42.